The van der Waals surface area contributed by atoms with Gasteiger partial charge in [0.25, 0.3) is 0 Å². The summed E-state index contributed by atoms with van der Waals surface area (Å²) in [6, 6.07) is 0.0232. The smallest absolute Gasteiger partial charge is 0.307 e. The minimum atomic E-state index is -3.43. The number of carbonyl (C=O) groups is 1. The molecule has 1 saturated heterocycles. The van der Waals surface area contributed by atoms with Crippen LogP contribution in [0.5, 0.6) is 0 Å². The van der Waals surface area contributed by atoms with Gasteiger partial charge >= 0.3 is 5.97 Å². The molecular weight excluding hydrogens is 242 g/mol. The second-order valence-corrected chi connectivity index (χ2v) is 7.17. The van der Waals surface area contributed by atoms with Crippen molar-refractivity contribution in [1.82, 2.24) is 4.31 Å². The van der Waals surface area contributed by atoms with Gasteiger partial charge in [-0.3, -0.25) is 4.79 Å². The van der Waals surface area contributed by atoms with Crippen LogP contribution in [-0.2, 0) is 14.8 Å². The summed E-state index contributed by atoms with van der Waals surface area (Å²) in [6.45, 7) is 2.45. The summed E-state index contributed by atoms with van der Waals surface area (Å²) in [4.78, 5) is 11.1. The molecule has 1 saturated carbocycles. The topological polar surface area (TPSA) is 74.7 Å². The van der Waals surface area contributed by atoms with E-state index in [1.165, 1.54) is 4.31 Å². The zero-order valence-corrected chi connectivity index (χ0v) is 10.8. The Morgan fingerprint density at radius 3 is 2.47 bits per heavy atom. The first-order valence-electron chi connectivity index (χ1n) is 6.18. The normalized spacial score (nSPS) is 35.2. The van der Waals surface area contributed by atoms with Gasteiger partial charge in [0.2, 0.25) is 10.0 Å². The van der Waals surface area contributed by atoms with Gasteiger partial charge in [-0.05, 0) is 32.6 Å². The molecule has 2 aliphatic rings. The van der Waals surface area contributed by atoms with Crippen molar-refractivity contribution in [1.29, 1.82) is 0 Å². The second kappa shape index (κ2) is 4.57. The van der Waals surface area contributed by atoms with Gasteiger partial charge in [0.05, 0.1) is 11.2 Å². The van der Waals surface area contributed by atoms with E-state index in [9.17, 15) is 13.2 Å². The highest BCUT2D eigenvalue weighted by atomic mass is 32.2. The predicted octanol–water partition coefficient (Wildman–Crippen LogP) is 1.05. The third-order valence-electron chi connectivity index (χ3n) is 3.97. The van der Waals surface area contributed by atoms with E-state index in [-0.39, 0.29) is 6.04 Å². The molecule has 1 aliphatic heterocycles. The lowest BCUT2D eigenvalue weighted by molar-refractivity contribution is -0.141. The van der Waals surface area contributed by atoms with E-state index >= 15 is 0 Å². The number of rotatable bonds is 3. The van der Waals surface area contributed by atoms with E-state index in [4.69, 9.17) is 5.11 Å². The van der Waals surface area contributed by atoms with Gasteiger partial charge in [0.1, 0.15) is 0 Å². The maximum Gasteiger partial charge on any atom is 0.307 e. The molecule has 0 aromatic carbocycles. The lowest BCUT2D eigenvalue weighted by atomic mass is 10.1. The largest absolute Gasteiger partial charge is 0.481 e. The molecule has 1 aliphatic carbocycles. The number of aliphatic carboxylic acids is 1. The number of sulfonamides is 1. The van der Waals surface area contributed by atoms with Gasteiger partial charge < -0.3 is 5.11 Å². The maximum atomic E-state index is 12.4. The zero-order valence-electron chi connectivity index (χ0n) is 10.0. The number of hydrogen-bond donors (Lipinski definition) is 1. The molecule has 2 rings (SSSR count). The van der Waals surface area contributed by atoms with Crippen LogP contribution in [0.25, 0.3) is 0 Å². The van der Waals surface area contributed by atoms with Crippen molar-refractivity contribution in [3.05, 3.63) is 0 Å². The fourth-order valence-corrected chi connectivity index (χ4v) is 5.49. The van der Waals surface area contributed by atoms with Crippen LogP contribution in [0, 0.1) is 5.92 Å². The highest BCUT2D eigenvalue weighted by molar-refractivity contribution is 7.89. The van der Waals surface area contributed by atoms with Gasteiger partial charge in [-0.1, -0.05) is 6.42 Å². The van der Waals surface area contributed by atoms with E-state index in [1.807, 2.05) is 6.92 Å². The number of hydrogen-bond acceptors (Lipinski definition) is 3. The van der Waals surface area contributed by atoms with Crippen LogP contribution in [0.4, 0.5) is 0 Å². The summed E-state index contributed by atoms with van der Waals surface area (Å²) in [7, 11) is -3.43. The van der Waals surface area contributed by atoms with Crippen LogP contribution in [-0.4, -0.2) is 41.6 Å². The van der Waals surface area contributed by atoms with Gasteiger partial charge in [-0.2, -0.15) is 4.31 Å². The fraction of sp³-hybridized carbons (Fsp3) is 0.909. The number of carboxylic acids is 1. The lowest BCUT2D eigenvalue weighted by Gasteiger charge is -2.26. The molecule has 0 radical (unpaired) electrons. The molecule has 0 aromatic rings. The Hall–Kier alpha value is -0.620. The van der Waals surface area contributed by atoms with Crippen LogP contribution in [0.15, 0.2) is 0 Å². The Morgan fingerprint density at radius 1 is 1.24 bits per heavy atom. The van der Waals surface area contributed by atoms with E-state index in [1.54, 1.807) is 0 Å². The predicted molar refractivity (Wildman–Crippen MR) is 63.1 cm³/mol. The first-order chi connectivity index (χ1) is 7.94. The molecule has 6 heteroatoms. The Morgan fingerprint density at radius 2 is 1.94 bits per heavy atom. The molecule has 17 heavy (non-hydrogen) atoms. The van der Waals surface area contributed by atoms with Crippen LogP contribution in [0.1, 0.15) is 39.0 Å². The highest BCUT2D eigenvalue weighted by Crippen LogP contribution is 2.35. The Kier molecular flexibility index (Phi) is 3.45. The third kappa shape index (κ3) is 2.20. The summed E-state index contributed by atoms with van der Waals surface area (Å²) >= 11 is 0. The number of carboxylic acid groups (broad SMARTS) is 1. The minimum Gasteiger partial charge on any atom is -0.481 e. The minimum absolute atomic E-state index is 0.0232. The van der Waals surface area contributed by atoms with E-state index in [0.29, 0.717) is 25.8 Å². The van der Waals surface area contributed by atoms with Crippen LogP contribution < -0.4 is 0 Å². The SMILES string of the molecule is CC1CCCN1S(=O)(=O)C1CCCC1C(=O)O. The lowest BCUT2D eigenvalue weighted by Crippen LogP contribution is -2.43. The second-order valence-electron chi connectivity index (χ2n) is 5.06. The van der Waals surface area contributed by atoms with Gasteiger partial charge in [0.15, 0.2) is 0 Å². The van der Waals surface area contributed by atoms with Crippen LogP contribution >= 0.6 is 0 Å². The van der Waals surface area contributed by atoms with Crippen LogP contribution in [0.3, 0.4) is 0 Å². The molecule has 0 bridgehead atoms. The van der Waals surface area contributed by atoms with Crippen LogP contribution in [0.2, 0.25) is 0 Å². The summed E-state index contributed by atoms with van der Waals surface area (Å²) in [5.41, 5.74) is 0. The highest BCUT2D eigenvalue weighted by Gasteiger charge is 2.46. The molecule has 0 spiro atoms. The molecule has 3 atom stereocenters. The van der Waals surface area contributed by atoms with Crippen molar-refractivity contribution in [3.63, 3.8) is 0 Å². The van der Waals surface area contributed by atoms with E-state index < -0.39 is 27.2 Å². The number of nitrogens with zero attached hydrogens (tertiary/aromatic N) is 1. The first-order valence-corrected chi connectivity index (χ1v) is 7.68. The van der Waals surface area contributed by atoms with Crippen molar-refractivity contribution in [3.8, 4) is 0 Å². The van der Waals surface area contributed by atoms with Gasteiger partial charge in [-0.15, -0.1) is 0 Å². The third-order valence-corrected chi connectivity index (χ3v) is 6.50. The summed E-state index contributed by atoms with van der Waals surface area (Å²) in [5.74, 6) is -1.68. The van der Waals surface area contributed by atoms with E-state index in [0.717, 1.165) is 12.8 Å². The molecule has 98 valence electrons. The monoisotopic (exact) mass is 261 g/mol. The molecule has 1 heterocycles. The van der Waals surface area contributed by atoms with E-state index in [2.05, 4.69) is 0 Å². The molecule has 1 N–H and O–H groups in total. The van der Waals surface area contributed by atoms with Crippen molar-refractivity contribution in [2.24, 2.45) is 5.92 Å². The Labute approximate surface area is 102 Å². The molecule has 5 nitrogen and oxygen atoms in total. The van der Waals surface area contributed by atoms with Crippen molar-refractivity contribution < 1.29 is 18.3 Å². The molecule has 2 fully saturated rings. The Bertz CT molecular complexity index is 406. The quantitative estimate of drug-likeness (QED) is 0.824. The van der Waals surface area contributed by atoms with Gasteiger partial charge in [0, 0.05) is 12.6 Å². The molecule has 0 aromatic heterocycles. The summed E-state index contributed by atoms with van der Waals surface area (Å²) in [6.07, 6.45) is 3.43. The molecule has 0 amide bonds. The Balaban J connectivity index is 2.23. The van der Waals surface area contributed by atoms with Crippen molar-refractivity contribution in [2.75, 3.05) is 6.54 Å². The van der Waals surface area contributed by atoms with Crippen molar-refractivity contribution in [2.45, 2.75) is 50.3 Å². The summed E-state index contributed by atoms with van der Waals surface area (Å²) in [5, 5.41) is 8.36. The average molecular weight is 261 g/mol. The standard InChI is InChI=1S/C11H19NO4S/c1-8-4-3-7-12(8)17(15,16)10-6-2-5-9(10)11(13)14/h8-10H,2-7H2,1H3,(H,13,14). The van der Waals surface area contributed by atoms with Gasteiger partial charge in [-0.25, -0.2) is 8.42 Å². The molecule has 3 unspecified atom stereocenters. The fourth-order valence-electron chi connectivity index (χ4n) is 3.02. The first kappa shape index (κ1) is 12.8. The average Bonchev–Trinajstić information content (AvgIpc) is 2.84. The molecular formula is C11H19NO4S. The summed E-state index contributed by atoms with van der Waals surface area (Å²) < 4.78 is 26.4. The maximum absolute atomic E-state index is 12.4. The zero-order chi connectivity index (χ0) is 12.6. The van der Waals surface area contributed by atoms with Crippen molar-refractivity contribution >= 4 is 16.0 Å².